The summed E-state index contributed by atoms with van der Waals surface area (Å²) in [6, 6.07) is 9.53. The molecule has 0 N–H and O–H groups in total. The number of benzene rings is 2. The molecule has 0 amide bonds. The summed E-state index contributed by atoms with van der Waals surface area (Å²) >= 11 is 3.09. The zero-order valence-corrected chi connectivity index (χ0v) is 12.7. The van der Waals surface area contributed by atoms with E-state index in [1.54, 1.807) is 12.1 Å². The maximum atomic E-state index is 13.6. The van der Waals surface area contributed by atoms with Crippen molar-refractivity contribution in [2.75, 3.05) is 7.11 Å². The lowest BCUT2D eigenvalue weighted by molar-refractivity contribution is 0.413. The fraction of sp³-hybridized carbons (Fsp3) is 0.0769. The molecule has 7 heteroatoms. The van der Waals surface area contributed by atoms with Crippen LogP contribution in [0.4, 0.5) is 4.39 Å². The van der Waals surface area contributed by atoms with Gasteiger partial charge in [-0.1, -0.05) is 15.9 Å². The van der Waals surface area contributed by atoms with Crippen LogP contribution in [-0.4, -0.2) is 15.5 Å². The van der Waals surface area contributed by atoms with Gasteiger partial charge >= 0.3 is 10.1 Å². The molecule has 0 aromatic heterocycles. The number of hydrogen-bond donors (Lipinski definition) is 0. The third-order valence-corrected chi connectivity index (χ3v) is 4.18. The molecule has 0 aliphatic rings. The van der Waals surface area contributed by atoms with Gasteiger partial charge in [0.25, 0.3) is 0 Å². The molecule has 0 radical (unpaired) electrons. The number of halogens is 2. The first-order valence-corrected chi connectivity index (χ1v) is 7.66. The van der Waals surface area contributed by atoms with Gasteiger partial charge in [-0.3, -0.25) is 0 Å². The summed E-state index contributed by atoms with van der Waals surface area (Å²) in [4.78, 5) is -0.525. The van der Waals surface area contributed by atoms with E-state index in [4.69, 9.17) is 8.92 Å². The van der Waals surface area contributed by atoms with E-state index in [9.17, 15) is 12.8 Å². The van der Waals surface area contributed by atoms with E-state index in [0.29, 0.717) is 10.2 Å². The second-order valence-corrected chi connectivity index (χ2v) is 6.22. The molecule has 2 rings (SSSR count). The Balaban J connectivity index is 2.32. The summed E-state index contributed by atoms with van der Waals surface area (Å²) in [5.74, 6) is -0.240. The van der Waals surface area contributed by atoms with Gasteiger partial charge < -0.3 is 8.92 Å². The maximum Gasteiger partial charge on any atom is 0.342 e. The van der Waals surface area contributed by atoms with Gasteiger partial charge in [0.2, 0.25) is 0 Å². The number of ether oxygens (including phenoxy) is 1. The average Bonchev–Trinajstić information content (AvgIpc) is 2.42. The monoisotopic (exact) mass is 360 g/mol. The highest BCUT2D eigenvalue weighted by molar-refractivity contribution is 9.10. The van der Waals surface area contributed by atoms with Crippen molar-refractivity contribution in [3.8, 4) is 11.5 Å². The molecule has 106 valence electrons. The minimum Gasteiger partial charge on any atom is -0.497 e. The minimum absolute atomic E-state index is 0.0742. The molecule has 0 bridgehead atoms. The standard InChI is InChI=1S/C13H10BrFO4S/c1-18-10-3-5-11(6-4-10)19-20(16,17)13-8-9(14)2-7-12(13)15/h2-8H,1H3. The van der Waals surface area contributed by atoms with Gasteiger partial charge in [-0.25, -0.2) is 4.39 Å². The Morgan fingerprint density at radius 3 is 2.25 bits per heavy atom. The summed E-state index contributed by atoms with van der Waals surface area (Å²) in [6.45, 7) is 0. The summed E-state index contributed by atoms with van der Waals surface area (Å²) in [7, 11) is -2.74. The molecule has 20 heavy (non-hydrogen) atoms. The first kappa shape index (κ1) is 14.8. The molecule has 0 saturated carbocycles. The summed E-state index contributed by atoms with van der Waals surface area (Å²) in [5.41, 5.74) is 0. The van der Waals surface area contributed by atoms with Crippen molar-refractivity contribution in [3.63, 3.8) is 0 Å². The number of rotatable bonds is 4. The number of hydrogen-bond acceptors (Lipinski definition) is 4. The Kier molecular flexibility index (Phi) is 4.29. The zero-order chi connectivity index (χ0) is 14.8. The summed E-state index contributed by atoms with van der Waals surface area (Å²) < 4.78 is 47.9. The molecule has 0 saturated heterocycles. The Bertz CT molecular complexity index is 714. The fourth-order valence-electron chi connectivity index (χ4n) is 1.47. The van der Waals surface area contributed by atoms with Crippen LogP contribution in [0.1, 0.15) is 0 Å². The van der Waals surface area contributed by atoms with Crippen molar-refractivity contribution in [1.82, 2.24) is 0 Å². The van der Waals surface area contributed by atoms with Crippen LogP contribution in [0.3, 0.4) is 0 Å². The van der Waals surface area contributed by atoms with E-state index < -0.39 is 20.8 Å². The molecule has 0 aliphatic heterocycles. The van der Waals surface area contributed by atoms with Crippen LogP contribution in [0.2, 0.25) is 0 Å². The van der Waals surface area contributed by atoms with Crippen LogP contribution in [0.5, 0.6) is 11.5 Å². The molecule has 0 spiro atoms. The van der Waals surface area contributed by atoms with Crippen molar-refractivity contribution in [1.29, 1.82) is 0 Å². The second kappa shape index (κ2) is 5.80. The minimum atomic E-state index is -4.23. The third kappa shape index (κ3) is 3.29. The SMILES string of the molecule is COc1ccc(OS(=O)(=O)c2cc(Br)ccc2F)cc1. The molecule has 0 unspecified atom stereocenters. The normalized spacial score (nSPS) is 11.2. The molecule has 0 atom stereocenters. The fourth-order valence-corrected chi connectivity index (χ4v) is 3.02. The Morgan fingerprint density at radius 1 is 1.05 bits per heavy atom. The molecule has 0 aliphatic carbocycles. The predicted octanol–water partition coefficient (Wildman–Crippen LogP) is 3.36. The van der Waals surface area contributed by atoms with Crippen LogP contribution in [-0.2, 0) is 10.1 Å². The quantitative estimate of drug-likeness (QED) is 0.784. The molecule has 0 heterocycles. The van der Waals surface area contributed by atoms with Crippen LogP contribution < -0.4 is 8.92 Å². The molecule has 2 aromatic carbocycles. The zero-order valence-electron chi connectivity index (χ0n) is 10.3. The largest absolute Gasteiger partial charge is 0.497 e. The van der Waals surface area contributed by atoms with Crippen molar-refractivity contribution in [2.24, 2.45) is 0 Å². The van der Waals surface area contributed by atoms with Crippen LogP contribution in [0, 0.1) is 5.82 Å². The van der Waals surface area contributed by atoms with E-state index in [1.165, 1.54) is 25.3 Å². The van der Waals surface area contributed by atoms with Gasteiger partial charge in [0.1, 0.15) is 22.2 Å². The summed E-state index contributed by atoms with van der Waals surface area (Å²) in [6.07, 6.45) is 0. The summed E-state index contributed by atoms with van der Waals surface area (Å²) in [5, 5.41) is 0. The lowest BCUT2D eigenvalue weighted by atomic mass is 10.3. The van der Waals surface area contributed by atoms with E-state index >= 15 is 0 Å². The maximum absolute atomic E-state index is 13.6. The molecule has 2 aromatic rings. The first-order chi connectivity index (χ1) is 9.42. The van der Waals surface area contributed by atoms with E-state index in [2.05, 4.69) is 15.9 Å². The second-order valence-electron chi connectivity index (χ2n) is 3.79. The Labute approximate surface area is 124 Å². The third-order valence-electron chi connectivity index (χ3n) is 2.43. The lowest BCUT2D eigenvalue weighted by Gasteiger charge is -2.08. The van der Waals surface area contributed by atoms with Crippen LogP contribution in [0.15, 0.2) is 51.8 Å². The molecule has 4 nitrogen and oxygen atoms in total. The van der Waals surface area contributed by atoms with Crippen molar-refractivity contribution >= 4 is 26.0 Å². The highest BCUT2D eigenvalue weighted by Crippen LogP contribution is 2.25. The van der Waals surface area contributed by atoms with Crippen molar-refractivity contribution in [3.05, 3.63) is 52.8 Å². The topological polar surface area (TPSA) is 52.6 Å². The van der Waals surface area contributed by atoms with Crippen molar-refractivity contribution in [2.45, 2.75) is 4.90 Å². The van der Waals surface area contributed by atoms with Gasteiger partial charge in [0.15, 0.2) is 0 Å². The first-order valence-electron chi connectivity index (χ1n) is 5.46. The van der Waals surface area contributed by atoms with E-state index in [-0.39, 0.29) is 5.75 Å². The molecular weight excluding hydrogens is 351 g/mol. The highest BCUT2D eigenvalue weighted by atomic mass is 79.9. The van der Waals surface area contributed by atoms with Gasteiger partial charge in [-0.05, 0) is 42.5 Å². The Morgan fingerprint density at radius 2 is 1.65 bits per heavy atom. The number of methoxy groups -OCH3 is 1. The van der Waals surface area contributed by atoms with E-state index in [0.717, 1.165) is 12.1 Å². The molecule has 0 fully saturated rings. The highest BCUT2D eigenvalue weighted by Gasteiger charge is 2.21. The smallest absolute Gasteiger partial charge is 0.342 e. The van der Waals surface area contributed by atoms with Gasteiger partial charge in [-0.15, -0.1) is 0 Å². The van der Waals surface area contributed by atoms with Gasteiger partial charge in [-0.2, -0.15) is 8.42 Å². The Hall–Kier alpha value is -1.60. The van der Waals surface area contributed by atoms with Crippen molar-refractivity contribution < 1.29 is 21.7 Å². The lowest BCUT2D eigenvalue weighted by Crippen LogP contribution is -2.11. The van der Waals surface area contributed by atoms with Crippen LogP contribution >= 0.6 is 15.9 Å². The molecular formula is C13H10BrFO4S. The van der Waals surface area contributed by atoms with Crippen LogP contribution in [0.25, 0.3) is 0 Å². The van der Waals surface area contributed by atoms with Gasteiger partial charge in [0.05, 0.1) is 7.11 Å². The van der Waals surface area contributed by atoms with Gasteiger partial charge in [0, 0.05) is 4.47 Å². The average molecular weight is 361 g/mol. The predicted molar refractivity (Wildman–Crippen MR) is 74.9 cm³/mol. The van der Waals surface area contributed by atoms with E-state index in [1.807, 2.05) is 0 Å².